The molecule has 5 nitrogen and oxygen atoms in total. The molecule has 0 radical (unpaired) electrons. The first kappa shape index (κ1) is 21.4. The molecule has 3 aromatic heterocycles. The van der Waals surface area contributed by atoms with Crippen molar-refractivity contribution >= 4 is 45.9 Å². The number of thiazole rings is 1. The molecule has 1 atom stereocenters. The average Bonchev–Trinajstić information content (AvgIpc) is 3.54. The molecule has 1 N–H and O–H groups in total. The number of nitrogens with one attached hydrogen (secondary N) is 1. The molecule has 0 fully saturated rings. The third kappa shape index (κ3) is 5.46. The summed E-state index contributed by atoms with van der Waals surface area (Å²) in [6.07, 6.45) is 0.0749. The molecule has 4 aromatic rings. The van der Waals surface area contributed by atoms with Crippen LogP contribution in [0, 0.1) is 0 Å². The molecular weight excluding hydrogens is 448 g/mol. The number of hydrogen-bond acceptors (Lipinski definition) is 7. The summed E-state index contributed by atoms with van der Waals surface area (Å²) < 4.78 is 5.25. The Morgan fingerprint density at radius 2 is 1.81 bits per heavy atom. The van der Waals surface area contributed by atoms with Crippen LogP contribution in [0.15, 0.2) is 65.4 Å². The van der Waals surface area contributed by atoms with Crippen molar-refractivity contribution in [2.24, 2.45) is 0 Å². The standard InChI is InChI=1S/C23H20N2O3S3/c1-15(17-9-5-11-29-17)24-20(26)14-28-21(27)13-19-22(18-10-6-12-30-18)25-23(31-19)16-7-3-2-4-8-16/h2-12,15H,13-14H2,1H3,(H,24,26). The van der Waals surface area contributed by atoms with Crippen LogP contribution in [0.4, 0.5) is 0 Å². The van der Waals surface area contributed by atoms with Crippen LogP contribution in [0.1, 0.15) is 22.7 Å². The Morgan fingerprint density at radius 1 is 1.03 bits per heavy atom. The Balaban J connectivity index is 1.41. The second kappa shape index (κ2) is 10.00. The normalized spacial score (nSPS) is 11.8. The highest BCUT2D eigenvalue weighted by atomic mass is 32.1. The minimum absolute atomic E-state index is 0.0749. The molecule has 0 aliphatic heterocycles. The Bertz CT molecular complexity index is 1140. The van der Waals surface area contributed by atoms with Gasteiger partial charge in [-0.05, 0) is 29.8 Å². The van der Waals surface area contributed by atoms with Crippen molar-refractivity contribution in [3.63, 3.8) is 0 Å². The van der Waals surface area contributed by atoms with Crippen molar-refractivity contribution in [1.29, 1.82) is 0 Å². The number of rotatable bonds is 8. The highest BCUT2D eigenvalue weighted by Gasteiger charge is 2.19. The fourth-order valence-corrected chi connectivity index (χ4v) is 5.61. The van der Waals surface area contributed by atoms with Crippen LogP contribution in [-0.4, -0.2) is 23.5 Å². The minimum atomic E-state index is -0.444. The van der Waals surface area contributed by atoms with Gasteiger partial charge in [0.2, 0.25) is 0 Å². The molecule has 0 aliphatic carbocycles. The summed E-state index contributed by atoms with van der Waals surface area (Å²) in [5.74, 6) is -0.762. The number of hydrogen-bond donors (Lipinski definition) is 1. The second-order valence-electron chi connectivity index (χ2n) is 6.78. The quantitative estimate of drug-likeness (QED) is 0.344. The Hall–Kier alpha value is -2.81. The molecule has 4 rings (SSSR count). The van der Waals surface area contributed by atoms with E-state index in [0.29, 0.717) is 0 Å². The van der Waals surface area contributed by atoms with Crippen LogP contribution in [0.5, 0.6) is 0 Å². The summed E-state index contributed by atoms with van der Waals surface area (Å²) in [6.45, 7) is 1.61. The zero-order chi connectivity index (χ0) is 21.6. The van der Waals surface area contributed by atoms with Gasteiger partial charge >= 0.3 is 5.97 Å². The predicted octanol–water partition coefficient (Wildman–Crippen LogP) is 5.56. The molecule has 3 heterocycles. The molecule has 31 heavy (non-hydrogen) atoms. The maximum absolute atomic E-state index is 12.5. The van der Waals surface area contributed by atoms with Crippen LogP contribution < -0.4 is 5.32 Å². The van der Waals surface area contributed by atoms with E-state index in [-0.39, 0.29) is 25.0 Å². The van der Waals surface area contributed by atoms with Gasteiger partial charge in [0, 0.05) is 15.3 Å². The number of carbonyl (C=O) groups excluding carboxylic acids is 2. The monoisotopic (exact) mass is 468 g/mol. The number of aromatic nitrogens is 1. The number of ether oxygens (including phenoxy) is 1. The van der Waals surface area contributed by atoms with E-state index in [1.54, 1.807) is 22.7 Å². The first-order valence-corrected chi connectivity index (χ1v) is 12.2. The summed E-state index contributed by atoms with van der Waals surface area (Å²) in [4.78, 5) is 32.3. The summed E-state index contributed by atoms with van der Waals surface area (Å²) in [7, 11) is 0. The van der Waals surface area contributed by atoms with Gasteiger partial charge in [-0.2, -0.15) is 0 Å². The highest BCUT2D eigenvalue weighted by molar-refractivity contribution is 7.17. The number of nitrogens with zero attached hydrogens (tertiary/aromatic N) is 1. The van der Waals surface area contributed by atoms with Gasteiger partial charge in [-0.25, -0.2) is 4.98 Å². The number of thiophene rings is 2. The lowest BCUT2D eigenvalue weighted by Crippen LogP contribution is -2.31. The molecule has 0 saturated heterocycles. The molecular formula is C23H20N2O3S3. The number of carbonyl (C=O) groups is 2. The Labute approximate surface area is 192 Å². The molecule has 1 aromatic carbocycles. The second-order valence-corrected chi connectivity index (χ2v) is 9.79. The van der Waals surface area contributed by atoms with E-state index < -0.39 is 5.97 Å². The smallest absolute Gasteiger partial charge is 0.311 e. The maximum atomic E-state index is 12.5. The third-order valence-corrected chi connectivity index (χ3v) is 7.53. The topological polar surface area (TPSA) is 68.3 Å². The maximum Gasteiger partial charge on any atom is 0.311 e. The molecule has 8 heteroatoms. The number of amides is 1. The van der Waals surface area contributed by atoms with E-state index in [1.165, 1.54) is 11.3 Å². The first-order valence-electron chi connectivity index (χ1n) is 9.67. The van der Waals surface area contributed by atoms with Crippen LogP contribution in [-0.2, 0) is 20.7 Å². The number of benzene rings is 1. The molecule has 1 unspecified atom stereocenters. The van der Waals surface area contributed by atoms with Crippen LogP contribution in [0.3, 0.4) is 0 Å². The zero-order valence-corrected chi connectivity index (χ0v) is 19.2. The lowest BCUT2D eigenvalue weighted by Gasteiger charge is -2.12. The minimum Gasteiger partial charge on any atom is -0.455 e. The van der Waals surface area contributed by atoms with Gasteiger partial charge in [0.15, 0.2) is 6.61 Å². The van der Waals surface area contributed by atoms with Crippen molar-refractivity contribution in [1.82, 2.24) is 10.3 Å². The summed E-state index contributed by atoms with van der Waals surface area (Å²) in [5.41, 5.74) is 1.80. The van der Waals surface area contributed by atoms with Gasteiger partial charge in [0.05, 0.1) is 23.0 Å². The Morgan fingerprint density at radius 3 is 2.52 bits per heavy atom. The number of esters is 1. The van der Waals surface area contributed by atoms with Gasteiger partial charge in [0.25, 0.3) is 5.91 Å². The van der Waals surface area contributed by atoms with Crippen LogP contribution >= 0.6 is 34.0 Å². The molecule has 0 bridgehead atoms. The van der Waals surface area contributed by atoms with Gasteiger partial charge in [-0.15, -0.1) is 34.0 Å². The largest absolute Gasteiger partial charge is 0.455 e. The summed E-state index contributed by atoms with van der Waals surface area (Å²) in [6, 6.07) is 17.6. The molecule has 0 aliphatic rings. The van der Waals surface area contributed by atoms with Crippen LogP contribution in [0.25, 0.3) is 21.1 Å². The van der Waals surface area contributed by atoms with Crippen molar-refractivity contribution in [3.8, 4) is 21.1 Å². The lowest BCUT2D eigenvalue weighted by atomic mass is 10.2. The van der Waals surface area contributed by atoms with Crippen molar-refractivity contribution in [2.75, 3.05) is 6.61 Å². The molecule has 0 spiro atoms. The van der Waals surface area contributed by atoms with Gasteiger partial charge in [-0.3, -0.25) is 9.59 Å². The fraction of sp³-hybridized carbons (Fsp3) is 0.174. The van der Waals surface area contributed by atoms with Crippen molar-refractivity contribution in [3.05, 3.63) is 75.1 Å². The van der Waals surface area contributed by atoms with E-state index >= 15 is 0 Å². The summed E-state index contributed by atoms with van der Waals surface area (Å²) in [5, 5.41) is 7.65. The predicted molar refractivity (Wildman–Crippen MR) is 126 cm³/mol. The lowest BCUT2D eigenvalue weighted by molar-refractivity contribution is -0.148. The van der Waals surface area contributed by atoms with Gasteiger partial charge < -0.3 is 10.1 Å². The highest BCUT2D eigenvalue weighted by Crippen LogP contribution is 2.36. The van der Waals surface area contributed by atoms with Crippen molar-refractivity contribution in [2.45, 2.75) is 19.4 Å². The van der Waals surface area contributed by atoms with E-state index in [0.717, 1.165) is 30.9 Å². The molecule has 0 saturated carbocycles. The third-order valence-electron chi connectivity index (χ3n) is 4.49. The summed E-state index contributed by atoms with van der Waals surface area (Å²) >= 11 is 4.63. The first-order chi connectivity index (χ1) is 15.1. The van der Waals surface area contributed by atoms with E-state index in [1.807, 2.05) is 72.3 Å². The molecule has 158 valence electrons. The molecule has 1 amide bonds. The van der Waals surface area contributed by atoms with E-state index in [2.05, 4.69) is 5.32 Å². The van der Waals surface area contributed by atoms with Gasteiger partial charge in [-0.1, -0.05) is 42.5 Å². The SMILES string of the molecule is CC(NC(=O)COC(=O)Cc1sc(-c2ccccc2)nc1-c1cccs1)c1cccs1. The fourth-order valence-electron chi connectivity index (χ4n) is 3.00. The van der Waals surface area contributed by atoms with E-state index in [4.69, 9.17) is 9.72 Å². The van der Waals surface area contributed by atoms with Gasteiger partial charge in [0.1, 0.15) is 5.01 Å². The van der Waals surface area contributed by atoms with E-state index in [9.17, 15) is 9.59 Å². The zero-order valence-electron chi connectivity index (χ0n) is 16.7. The Kier molecular flexibility index (Phi) is 6.91. The van der Waals surface area contributed by atoms with Crippen molar-refractivity contribution < 1.29 is 14.3 Å². The van der Waals surface area contributed by atoms with Crippen LogP contribution in [0.2, 0.25) is 0 Å². The average molecular weight is 469 g/mol.